The minimum Gasteiger partial charge on any atom is -0.375 e. The third-order valence-electron chi connectivity index (χ3n) is 1.85. The van der Waals surface area contributed by atoms with E-state index in [4.69, 9.17) is 5.73 Å². The van der Waals surface area contributed by atoms with Gasteiger partial charge < -0.3 is 5.73 Å². The molecule has 0 spiro atoms. The summed E-state index contributed by atoms with van der Waals surface area (Å²) in [5.41, 5.74) is 7.93. The van der Waals surface area contributed by atoms with Crippen molar-refractivity contribution in [3.05, 3.63) is 23.8 Å². The number of fused-ring (bicyclic) bond motifs is 1. The van der Waals surface area contributed by atoms with Crippen LogP contribution in [-0.2, 0) is 6.42 Å². The van der Waals surface area contributed by atoms with Crippen molar-refractivity contribution in [1.29, 1.82) is 0 Å². The van der Waals surface area contributed by atoms with Crippen LogP contribution in [0.3, 0.4) is 0 Å². The molecule has 0 amide bonds. The molecule has 1 aromatic heterocycles. The van der Waals surface area contributed by atoms with Gasteiger partial charge in [0.15, 0.2) is 5.13 Å². The van der Waals surface area contributed by atoms with Crippen molar-refractivity contribution in [3.63, 3.8) is 0 Å². The van der Waals surface area contributed by atoms with Gasteiger partial charge in [-0.1, -0.05) is 33.3 Å². The molecule has 1 aromatic carbocycles. The van der Waals surface area contributed by atoms with Gasteiger partial charge in [0.25, 0.3) is 0 Å². The number of anilines is 1. The second-order valence-corrected chi connectivity index (χ2v) is 4.65. The van der Waals surface area contributed by atoms with Gasteiger partial charge in [-0.3, -0.25) is 0 Å². The fourth-order valence-electron chi connectivity index (χ4n) is 1.26. The molecule has 68 valence electrons. The van der Waals surface area contributed by atoms with E-state index in [0.29, 0.717) is 5.13 Å². The maximum Gasteiger partial charge on any atom is 0.181 e. The summed E-state index contributed by atoms with van der Waals surface area (Å²) in [5.74, 6) is 0. The summed E-state index contributed by atoms with van der Waals surface area (Å²) in [6.07, 6.45) is 1.04. The van der Waals surface area contributed by atoms with Gasteiger partial charge in [-0.05, 0) is 24.1 Å². The molecular formula is C9H9BrN2S. The maximum atomic E-state index is 5.61. The maximum absolute atomic E-state index is 5.61. The summed E-state index contributed by atoms with van der Waals surface area (Å²) in [7, 11) is 0. The molecule has 2 nitrogen and oxygen atoms in total. The number of aryl methyl sites for hydroxylation is 1. The number of nitrogens with zero attached hydrogens (tertiary/aromatic N) is 1. The highest BCUT2D eigenvalue weighted by atomic mass is 79.9. The van der Waals surface area contributed by atoms with E-state index < -0.39 is 0 Å². The first-order chi connectivity index (χ1) is 6.29. The Morgan fingerprint density at radius 3 is 3.08 bits per heavy atom. The second kappa shape index (κ2) is 3.64. The number of thiazole rings is 1. The van der Waals surface area contributed by atoms with Crippen LogP contribution in [-0.4, -0.2) is 10.3 Å². The zero-order valence-electron chi connectivity index (χ0n) is 6.96. The van der Waals surface area contributed by atoms with Gasteiger partial charge in [0.05, 0.1) is 10.2 Å². The lowest BCUT2D eigenvalue weighted by atomic mass is 10.2. The molecule has 0 fully saturated rings. The van der Waals surface area contributed by atoms with E-state index in [1.54, 1.807) is 0 Å². The molecule has 0 saturated heterocycles. The lowest BCUT2D eigenvalue weighted by molar-refractivity contribution is 1.17. The first-order valence-corrected chi connectivity index (χ1v) is 5.94. The highest BCUT2D eigenvalue weighted by Gasteiger charge is 2.01. The zero-order chi connectivity index (χ0) is 9.26. The Labute approximate surface area is 88.9 Å². The van der Waals surface area contributed by atoms with Gasteiger partial charge in [0, 0.05) is 5.33 Å². The predicted octanol–water partition coefficient (Wildman–Crippen LogP) is 2.82. The number of rotatable bonds is 2. The van der Waals surface area contributed by atoms with Crippen LogP contribution < -0.4 is 5.73 Å². The Bertz CT molecular complexity index is 424. The van der Waals surface area contributed by atoms with Crippen LogP contribution in [0.15, 0.2) is 18.2 Å². The number of benzene rings is 1. The third kappa shape index (κ3) is 1.84. The average molecular weight is 257 g/mol. The molecule has 0 atom stereocenters. The molecule has 2 N–H and O–H groups in total. The summed E-state index contributed by atoms with van der Waals surface area (Å²) in [6.45, 7) is 0. The lowest BCUT2D eigenvalue weighted by Gasteiger charge is -1.95. The minimum absolute atomic E-state index is 0.644. The number of halogens is 1. The smallest absolute Gasteiger partial charge is 0.181 e. The van der Waals surface area contributed by atoms with Crippen LogP contribution in [0.5, 0.6) is 0 Å². The van der Waals surface area contributed by atoms with Crippen LogP contribution in [0, 0.1) is 0 Å². The number of alkyl halides is 1. The Balaban J connectivity index is 2.48. The van der Waals surface area contributed by atoms with E-state index >= 15 is 0 Å². The minimum atomic E-state index is 0.644. The van der Waals surface area contributed by atoms with Crippen molar-refractivity contribution in [2.75, 3.05) is 11.1 Å². The Morgan fingerprint density at radius 2 is 2.31 bits per heavy atom. The average Bonchev–Trinajstić information content (AvgIpc) is 2.44. The summed E-state index contributed by atoms with van der Waals surface area (Å²) in [4.78, 5) is 4.24. The van der Waals surface area contributed by atoms with E-state index in [9.17, 15) is 0 Å². The van der Waals surface area contributed by atoms with Crippen LogP contribution in [0.25, 0.3) is 10.2 Å². The van der Waals surface area contributed by atoms with E-state index in [-0.39, 0.29) is 0 Å². The van der Waals surface area contributed by atoms with Crippen molar-refractivity contribution < 1.29 is 0 Å². The number of hydrogen-bond donors (Lipinski definition) is 1. The highest BCUT2D eigenvalue weighted by molar-refractivity contribution is 9.09. The standard InChI is InChI=1S/C9H9BrN2S/c10-4-3-6-1-2-8-7(5-6)12-9(11)13-8/h1-2,5H,3-4H2,(H2,11,12). The van der Waals surface area contributed by atoms with Crippen molar-refractivity contribution in [2.24, 2.45) is 0 Å². The largest absolute Gasteiger partial charge is 0.375 e. The molecule has 2 rings (SSSR count). The van der Waals surface area contributed by atoms with Gasteiger partial charge in [-0.15, -0.1) is 0 Å². The Hall–Kier alpha value is -0.610. The van der Waals surface area contributed by atoms with Crippen molar-refractivity contribution in [2.45, 2.75) is 6.42 Å². The van der Waals surface area contributed by atoms with Crippen molar-refractivity contribution >= 4 is 42.6 Å². The monoisotopic (exact) mass is 256 g/mol. The summed E-state index contributed by atoms with van der Waals surface area (Å²) < 4.78 is 1.16. The molecule has 0 aliphatic rings. The van der Waals surface area contributed by atoms with Gasteiger partial charge in [0.1, 0.15) is 0 Å². The molecule has 0 unspecified atom stereocenters. The van der Waals surface area contributed by atoms with Crippen molar-refractivity contribution in [1.82, 2.24) is 4.98 Å². The van der Waals surface area contributed by atoms with E-state index in [1.165, 1.54) is 16.9 Å². The van der Waals surface area contributed by atoms with Crippen LogP contribution in [0.4, 0.5) is 5.13 Å². The van der Waals surface area contributed by atoms with Gasteiger partial charge in [-0.2, -0.15) is 0 Å². The second-order valence-electron chi connectivity index (χ2n) is 2.79. The molecule has 4 heteroatoms. The fourth-order valence-corrected chi connectivity index (χ4v) is 2.43. The van der Waals surface area contributed by atoms with Gasteiger partial charge in [-0.25, -0.2) is 4.98 Å². The molecule has 0 aliphatic heterocycles. The number of nitrogen functional groups attached to an aromatic ring is 1. The van der Waals surface area contributed by atoms with Crippen molar-refractivity contribution in [3.8, 4) is 0 Å². The first kappa shape index (κ1) is 8.97. The van der Waals surface area contributed by atoms with Crippen LogP contribution >= 0.6 is 27.3 Å². The molecule has 0 aliphatic carbocycles. The Kier molecular flexibility index (Phi) is 2.51. The highest BCUT2D eigenvalue weighted by Crippen LogP contribution is 2.24. The van der Waals surface area contributed by atoms with Gasteiger partial charge >= 0.3 is 0 Å². The fraction of sp³-hybridized carbons (Fsp3) is 0.222. The molecule has 0 radical (unpaired) electrons. The number of aromatic nitrogens is 1. The summed E-state index contributed by atoms with van der Waals surface area (Å²) >= 11 is 4.95. The number of hydrogen-bond acceptors (Lipinski definition) is 3. The zero-order valence-corrected chi connectivity index (χ0v) is 9.36. The SMILES string of the molecule is Nc1nc2cc(CCBr)ccc2s1. The summed E-state index contributed by atoms with van der Waals surface area (Å²) in [6, 6.07) is 6.31. The quantitative estimate of drug-likeness (QED) is 0.840. The summed E-state index contributed by atoms with van der Waals surface area (Å²) in [5, 5.41) is 1.63. The molecule has 1 heterocycles. The Morgan fingerprint density at radius 1 is 1.46 bits per heavy atom. The van der Waals surface area contributed by atoms with Crippen LogP contribution in [0.1, 0.15) is 5.56 Å². The van der Waals surface area contributed by atoms with E-state index in [2.05, 4.69) is 39.1 Å². The molecule has 0 saturated carbocycles. The number of nitrogens with two attached hydrogens (primary N) is 1. The molecule has 2 aromatic rings. The molecule has 13 heavy (non-hydrogen) atoms. The third-order valence-corrected chi connectivity index (χ3v) is 3.11. The van der Waals surface area contributed by atoms with Gasteiger partial charge in [0.2, 0.25) is 0 Å². The van der Waals surface area contributed by atoms with E-state index in [0.717, 1.165) is 22.0 Å². The molecule has 0 bridgehead atoms. The first-order valence-electron chi connectivity index (χ1n) is 4.00. The van der Waals surface area contributed by atoms with E-state index in [1.807, 2.05) is 0 Å². The van der Waals surface area contributed by atoms with Crippen LogP contribution in [0.2, 0.25) is 0 Å². The lowest BCUT2D eigenvalue weighted by Crippen LogP contribution is -1.84. The topological polar surface area (TPSA) is 38.9 Å². The molecular weight excluding hydrogens is 248 g/mol. The normalized spacial score (nSPS) is 10.8. The predicted molar refractivity (Wildman–Crippen MR) is 61.5 cm³/mol.